The van der Waals surface area contributed by atoms with Gasteiger partial charge in [0.25, 0.3) is 0 Å². The highest BCUT2D eigenvalue weighted by Gasteiger charge is 2.18. The fourth-order valence-electron chi connectivity index (χ4n) is 3.79. The lowest BCUT2D eigenvalue weighted by molar-refractivity contribution is -0.131. The lowest BCUT2D eigenvalue weighted by atomic mass is 10.1. The van der Waals surface area contributed by atoms with Gasteiger partial charge in [0.15, 0.2) is 0 Å². The van der Waals surface area contributed by atoms with E-state index in [1.165, 1.54) is 24.7 Å². The molecule has 1 fully saturated rings. The number of benzene rings is 2. The quantitative estimate of drug-likeness (QED) is 0.687. The number of aromatic nitrogens is 2. The van der Waals surface area contributed by atoms with Crippen molar-refractivity contribution < 1.29 is 4.79 Å². The number of para-hydroxylation sites is 2. The highest BCUT2D eigenvalue weighted by molar-refractivity contribution is 5.81. The van der Waals surface area contributed by atoms with E-state index in [-0.39, 0.29) is 17.9 Å². The lowest BCUT2D eigenvalue weighted by Gasteiger charge is -2.24. The van der Waals surface area contributed by atoms with Gasteiger partial charge >= 0.3 is 0 Å². The van der Waals surface area contributed by atoms with Gasteiger partial charge in [-0.2, -0.15) is 5.10 Å². The molecule has 0 N–H and O–H groups in total. The maximum atomic E-state index is 12.9. The zero-order chi connectivity index (χ0) is 19.5. The molecule has 0 radical (unpaired) electrons. The van der Waals surface area contributed by atoms with E-state index in [1.54, 1.807) is 15.6 Å². The van der Waals surface area contributed by atoms with Crippen LogP contribution < -0.4 is 10.3 Å². The Morgan fingerprint density at radius 2 is 1.79 bits per heavy atom. The van der Waals surface area contributed by atoms with Crippen LogP contribution in [0.1, 0.15) is 18.4 Å². The van der Waals surface area contributed by atoms with E-state index < -0.39 is 0 Å². The van der Waals surface area contributed by atoms with Crippen molar-refractivity contribution in [1.29, 1.82) is 0 Å². The van der Waals surface area contributed by atoms with Crippen LogP contribution >= 0.6 is 0 Å². The molecule has 1 aromatic heterocycles. The Hall–Kier alpha value is -3.15. The molecule has 28 heavy (non-hydrogen) atoms. The summed E-state index contributed by atoms with van der Waals surface area (Å²) in [6.45, 7) is 2.79. The van der Waals surface area contributed by atoms with E-state index >= 15 is 0 Å². The molecule has 0 atom stereocenters. The van der Waals surface area contributed by atoms with Crippen LogP contribution in [0.3, 0.4) is 0 Å². The predicted molar refractivity (Wildman–Crippen MR) is 110 cm³/mol. The molecule has 0 bridgehead atoms. The Balaban J connectivity index is 1.53. The van der Waals surface area contributed by atoms with Crippen molar-refractivity contribution in [3.63, 3.8) is 0 Å². The summed E-state index contributed by atoms with van der Waals surface area (Å²) >= 11 is 0. The van der Waals surface area contributed by atoms with Gasteiger partial charge in [-0.25, -0.2) is 0 Å². The minimum absolute atomic E-state index is 0.0440. The monoisotopic (exact) mass is 376 g/mol. The van der Waals surface area contributed by atoms with Crippen molar-refractivity contribution in [2.24, 2.45) is 0 Å². The Kier molecular flexibility index (Phi) is 5.10. The van der Waals surface area contributed by atoms with Gasteiger partial charge in [0.05, 0.1) is 11.7 Å². The molecule has 2 heterocycles. The topological polar surface area (TPSA) is 58.4 Å². The van der Waals surface area contributed by atoms with Gasteiger partial charge in [0.2, 0.25) is 11.3 Å². The number of carbonyl (C=O) groups is 1. The summed E-state index contributed by atoms with van der Waals surface area (Å²) < 4.78 is 1.60. The second kappa shape index (κ2) is 7.84. The first-order chi connectivity index (χ1) is 13.6. The summed E-state index contributed by atoms with van der Waals surface area (Å²) in [6, 6.07) is 15.5. The first-order valence-corrected chi connectivity index (χ1v) is 9.65. The van der Waals surface area contributed by atoms with Gasteiger partial charge in [0.1, 0.15) is 6.54 Å². The molecule has 1 aliphatic rings. The second-order valence-electron chi connectivity index (χ2n) is 7.26. The molecule has 1 saturated heterocycles. The molecule has 3 aromatic rings. The first kappa shape index (κ1) is 18.2. The summed E-state index contributed by atoms with van der Waals surface area (Å²) in [5.74, 6) is -0.0440. The number of likely N-dealkylation sites (N-methyl/N-ethyl adjacent to an activating group) is 1. The average molecular weight is 376 g/mol. The number of hydrogen-bond acceptors (Lipinski definition) is 4. The smallest absolute Gasteiger partial charge is 0.244 e. The van der Waals surface area contributed by atoms with Gasteiger partial charge < -0.3 is 9.80 Å². The van der Waals surface area contributed by atoms with Crippen LogP contribution in [0, 0.1) is 0 Å². The molecule has 0 aliphatic carbocycles. The summed E-state index contributed by atoms with van der Waals surface area (Å²) in [6.07, 6.45) is 3.71. The standard InChI is InChI=1S/C22H24N4O2/c1-24(15-17-8-2-4-10-19(17)25-12-6-7-13-25)22(28)16-26-20-11-5-3-9-18(20)21(27)14-23-26/h2-5,8-11,14H,6-7,12-13,15-16H2,1H3. The maximum Gasteiger partial charge on any atom is 0.244 e. The number of hydrogen-bond donors (Lipinski definition) is 0. The van der Waals surface area contributed by atoms with Crippen LogP contribution in [0.4, 0.5) is 5.69 Å². The summed E-state index contributed by atoms with van der Waals surface area (Å²) in [7, 11) is 1.81. The largest absolute Gasteiger partial charge is 0.371 e. The van der Waals surface area contributed by atoms with Gasteiger partial charge in [-0.1, -0.05) is 30.3 Å². The van der Waals surface area contributed by atoms with Gasteiger partial charge in [-0.15, -0.1) is 0 Å². The number of carbonyl (C=O) groups excluding carboxylic acids is 1. The summed E-state index contributed by atoms with van der Waals surface area (Å²) in [4.78, 5) is 28.9. The van der Waals surface area contributed by atoms with Gasteiger partial charge in [0, 0.05) is 37.8 Å². The van der Waals surface area contributed by atoms with Crippen LogP contribution in [0.2, 0.25) is 0 Å². The van der Waals surface area contributed by atoms with Crippen molar-refractivity contribution in [2.75, 3.05) is 25.0 Å². The number of amides is 1. The van der Waals surface area contributed by atoms with E-state index in [2.05, 4.69) is 28.2 Å². The minimum Gasteiger partial charge on any atom is -0.371 e. The van der Waals surface area contributed by atoms with Crippen molar-refractivity contribution >= 4 is 22.5 Å². The molecule has 0 spiro atoms. The Labute approximate surface area is 164 Å². The molecule has 144 valence electrons. The van der Waals surface area contributed by atoms with E-state index in [0.29, 0.717) is 17.4 Å². The van der Waals surface area contributed by atoms with Gasteiger partial charge in [-0.05, 0) is 36.6 Å². The van der Waals surface area contributed by atoms with Gasteiger partial charge in [-0.3, -0.25) is 14.3 Å². The molecular weight excluding hydrogens is 352 g/mol. The SMILES string of the molecule is CN(Cc1ccccc1N1CCCC1)C(=O)Cn1ncc(=O)c2ccccc21. The molecule has 1 amide bonds. The third kappa shape index (κ3) is 3.63. The molecule has 2 aromatic carbocycles. The summed E-state index contributed by atoms with van der Waals surface area (Å²) in [5.41, 5.74) is 2.91. The van der Waals surface area contributed by atoms with E-state index in [9.17, 15) is 9.59 Å². The number of nitrogens with zero attached hydrogens (tertiary/aromatic N) is 4. The van der Waals surface area contributed by atoms with Crippen molar-refractivity contribution in [2.45, 2.75) is 25.9 Å². The average Bonchev–Trinajstić information content (AvgIpc) is 3.25. The molecule has 0 unspecified atom stereocenters. The first-order valence-electron chi connectivity index (χ1n) is 9.65. The highest BCUT2D eigenvalue weighted by Crippen LogP contribution is 2.25. The Morgan fingerprint density at radius 3 is 2.61 bits per heavy atom. The van der Waals surface area contributed by atoms with E-state index in [0.717, 1.165) is 18.7 Å². The van der Waals surface area contributed by atoms with E-state index in [1.807, 2.05) is 31.3 Å². The normalized spacial score (nSPS) is 13.8. The molecule has 6 nitrogen and oxygen atoms in total. The lowest BCUT2D eigenvalue weighted by Crippen LogP contribution is -2.32. The molecule has 0 saturated carbocycles. The number of fused-ring (bicyclic) bond motifs is 1. The predicted octanol–water partition coefficient (Wildman–Crippen LogP) is 2.66. The maximum absolute atomic E-state index is 12.9. The van der Waals surface area contributed by atoms with Crippen LogP contribution in [-0.4, -0.2) is 40.7 Å². The number of rotatable bonds is 5. The fourth-order valence-corrected chi connectivity index (χ4v) is 3.79. The van der Waals surface area contributed by atoms with Crippen LogP contribution in [-0.2, 0) is 17.9 Å². The number of anilines is 1. The molecule has 4 rings (SSSR count). The summed E-state index contributed by atoms with van der Waals surface area (Å²) in [5, 5.41) is 4.74. The molecular formula is C22H24N4O2. The van der Waals surface area contributed by atoms with Crippen molar-refractivity contribution in [3.05, 3.63) is 70.5 Å². The zero-order valence-electron chi connectivity index (χ0n) is 16.0. The fraction of sp³-hybridized carbons (Fsp3) is 0.318. The third-order valence-corrected chi connectivity index (χ3v) is 5.32. The Morgan fingerprint density at radius 1 is 1.07 bits per heavy atom. The van der Waals surface area contributed by atoms with Crippen molar-refractivity contribution in [3.8, 4) is 0 Å². The third-order valence-electron chi connectivity index (χ3n) is 5.32. The van der Waals surface area contributed by atoms with Crippen LogP contribution in [0.15, 0.2) is 59.5 Å². The molecule has 1 aliphatic heterocycles. The van der Waals surface area contributed by atoms with E-state index in [4.69, 9.17) is 0 Å². The second-order valence-corrected chi connectivity index (χ2v) is 7.26. The van der Waals surface area contributed by atoms with Crippen LogP contribution in [0.25, 0.3) is 10.9 Å². The highest BCUT2D eigenvalue weighted by atomic mass is 16.2. The minimum atomic E-state index is -0.132. The molecule has 6 heteroatoms. The van der Waals surface area contributed by atoms with Crippen molar-refractivity contribution in [1.82, 2.24) is 14.7 Å². The zero-order valence-corrected chi connectivity index (χ0v) is 16.0. The Bertz CT molecular complexity index is 1050. The van der Waals surface area contributed by atoms with Crippen LogP contribution in [0.5, 0.6) is 0 Å².